The van der Waals surface area contributed by atoms with Crippen LogP contribution in [0.5, 0.6) is 0 Å². The molecular formula is C12H17N5. The van der Waals surface area contributed by atoms with Crippen LogP contribution in [0.25, 0.3) is 11.3 Å². The molecule has 0 saturated carbocycles. The third-order valence-corrected chi connectivity index (χ3v) is 2.58. The van der Waals surface area contributed by atoms with Gasteiger partial charge in [0.15, 0.2) is 0 Å². The SMILES string of the molecule is CCCNc1ncc(-c2c(C)cnn2C)cn1. The predicted molar refractivity (Wildman–Crippen MR) is 67.8 cm³/mol. The first kappa shape index (κ1) is 11.6. The quantitative estimate of drug-likeness (QED) is 0.874. The molecule has 0 aromatic carbocycles. The number of anilines is 1. The molecule has 0 aliphatic heterocycles. The van der Waals surface area contributed by atoms with Gasteiger partial charge in [-0.25, -0.2) is 9.97 Å². The molecule has 0 unspecified atom stereocenters. The molecule has 0 bridgehead atoms. The van der Waals surface area contributed by atoms with Crippen molar-refractivity contribution in [2.24, 2.45) is 7.05 Å². The van der Waals surface area contributed by atoms with Gasteiger partial charge in [0.2, 0.25) is 5.95 Å². The van der Waals surface area contributed by atoms with Crippen LogP contribution in [0, 0.1) is 6.92 Å². The molecule has 0 fully saturated rings. The average Bonchev–Trinajstić information content (AvgIpc) is 2.67. The fourth-order valence-electron chi connectivity index (χ4n) is 1.74. The number of aryl methyl sites for hydroxylation is 2. The molecule has 0 spiro atoms. The Hall–Kier alpha value is -1.91. The van der Waals surface area contributed by atoms with Crippen LogP contribution in [0.1, 0.15) is 18.9 Å². The topological polar surface area (TPSA) is 55.6 Å². The van der Waals surface area contributed by atoms with E-state index in [1.807, 2.05) is 37.2 Å². The van der Waals surface area contributed by atoms with Gasteiger partial charge in [0.05, 0.1) is 11.9 Å². The first-order valence-electron chi connectivity index (χ1n) is 5.77. The number of aromatic nitrogens is 4. The van der Waals surface area contributed by atoms with Crippen LogP contribution in [-0.4, -0.2) is 26.3 Å². The van der Waals surface area contributed by atoms with E-state index >= 15 is 0 Å². The van der Waals surface area contributed by atoms with Crippen LogP contribution in [0.4, 0.5) is 5.95 Å². The second-order valence-electron chi connectivity index (χ2n) is 4.02. The summed E-state index contributed by atoms with van der Waals surface area (Å²) in [5.74, 6) is 0.676. The van der Waals surface area contributed by atoms with Gasteiger partial charge in [-0.15, -0.1) is 0 Å². The van der Waals surface area contributed by atoms with Gasteiger partial charge in [-0.2, -0.15) is 5.10 Å². The Morgan fingerprint density at radius 3 is 2.47 bits per heavy atom. The van der Waals surface area contributed by atoms with Crippen molar-refractivity contribution in [1.82, 2.24) is 19.7 Å². The molecule has 1 N–H and O–H groups in total. The van der Waals surface area contributed by atoms with Gasteiger partial charge in [-0.1, -0.05) is 6.92 Å². The minimum atomic E-state index is 0.676. The van der Waals surface area contributed by atoms with Crippen LogP contribution >= 0.6 is 0 Å². The van der Waals surface area contributed by atoms with Gasteiger partial charge in [-0.3, -0.25) is 4.68 Å². The summed E-state index contributed by atoms with van der Waals surface area (Å²) in [6, 6.07) is 0. The molecule has 2 heterocycles. The summed E-state index contributed by atoms with van der Waals surface area (Å²) in [5.41, 5.74) is 3.18. The van der Waals surface area contributed by atoms with E-state index in [0.29, 0.717) is 5.95 Å². The fourth-order valence-corrected chi connectivity index (χ4v) is 1.74. The van der Waals surface area contributed by atoms with Crippen molar-refractivity contribution in [2.45, 2.75) is 20.3 Å². The Labute approximate surface area is 101 Å². The highest BCUT2D eigenvalue weighted by atomic mass is 15.3. The van der Waals surface area contributed by atoms with Crippen molar-refractivity contribution in [3.05, 3.63) is 24.2 Å². The van der Waals surface area contributed by atoms with Crippen LogP contribution in [0.15, 0.2) is 18.6 Å². The molecule has 0 saturated heterocycles. The Kier molecular flexibility index (Phi) is 3.37. The van der Waals surface area contributed by atoms with Crippen molar-refractivity contribution in [2.75, 3.05) is 11.9 Å². The lowest BCUT2D eigenvalue weighted by Crippen LogP contribution is -2.04. The van der Waals surface area contributed by atoms with E-state index in [2.05, 4.69) is 27.3 Å². The molecule has 0 radical (unpaired) electrons. The highest BCUT2D eigenvalue weighted by Gasteiger charge is 2.08. The second kappa shape index (κ2) is 4.95. The summed E-state index contributed by atoms with van der Waals surface area (Å²) in [6.45, 7) is 5.04. The lowest BCUT2D eigenvalue weighted by Gasteiger charge is -2.05. The van der Waals surface area contributed by atoms with Crippen LogP contribution in [0.3, 0.4) is 0 Å². The van der Waals surface area contributed by atoms with E-state index in [1.54, 1.807) is 0 Å². The molecule has 5 heteroatoms. The van der Waals surface area contributed by atoms with Crippen molar-refractivity contribution >= 4 is 5.95 Å². The molecule has 0 amide bonds. The molecular weight excluding hydrogens is 214 g/mol. The molecule has 5 nitrogen and oxygen atoms in total. The Bertz CT molecular complexity index is 467. The molecule has 90 valence electrons. The van der Waals surface area contributed by atoms with Gasteiger partial charge < -0.3 is 5.32 Å². The molecule has 17 heavy (non-hydrogen) atoms. The summed E-state index contributed by atoms with van der Waals surface area (Å²) in [7, 11) is 1.92. The van der Waals surface area contributed by atoms with E-state index in [0.717, 1.165) is 29.8 Å². The normalized spacial score (nSPS) is 10.5. The molecule has 0 aliphatic carbocycles. The third-order valence-electron chi connectivity index (χ3n) is 2.58. The van der Waals surface area contributed by atoms with E-state index in [-0.39, 0.29) is 0 Å². The van der Waals surface area contributed by atoms with Gasteiger partial charge in [0.1, 0.15) is 0 Å². The zero-order chi connectivity index (χ0) is 12.3. The van der Waals surface area contributed by atoms with Crippen LogP contribution in [-0.2, 0) is 7.05 Å². The first-order chi connectivity index (χ1) is 8.22. The fraction of sp³-hybridized carbons (Fsp3) is 0.417. The van der Waals surface area contributed by atoms with Crippen molar-refractivity contribution in [1.29, 1.82) is 0 Å². The summed E-state index contributed by atoms with van der Waals surface area (Å²) < 4.78 is 1.84. The first-order valence-corrected chi connectivity index (χ1v) is 5.77. The average molecular weight is 231 g/mol. The Morgan fingerprint density at radius 2 is 1.94 bits per heavy atom. The standard InChI is InChI=1S/C12H17N5/c1-4-5-13-12-14-7-10(8-15-12)11-9(2)6-16-17(11)3/h6-8H,4-5H2,1-3H3,(H,13,14,15). The summed E-state index contributed by atoms with van der Waals surface area (Å²) in [5, 5.41) is 7.36. The van der Waals surface area contributed by atoms with Gasteiger partial charge in [0, 0.05) is 31.5 Å². The summed E-state index contributed by atoms with van der Waals surface area (Å²) in [4.78, 5) is 8.58. The Morgan fingerprint density at radius 1 is 1.24 bits per heavy atom. The van der Waals surface area contributed by atoms with Crippen molar-refractivity contribution in [3.8, 4) is 11.3 Å². The van der Waals surface area contributed by atoms with E-state index < -0.39 is 0 Å². The van der Waals surface area contributed by atoms with Crippen LogP contribution < -0.4 is 5.32 Å². The minimum Gasteiger partial charge on any atom is -0.354 e. The predicted octanol–water partition coefficient (Wildman–Crippen LogP) is 2.01. The van der Waals surface area contributed by atoms with Crippen molar-refractivity contribution < 1.29 is 0 Å². The highest BCUT2D eigenvalue weighted by Crippen LogP contribution is 2.21. The molecule has 2 aromatic rings. The zero-order valence-corrected chi connectivity index (χ0v) is 10.4. The van der Waals surface area contributed by atoms with E-state index in [9.17, 15) is 0 Å². The number of nitrogens with zero attached hydrogens (tertiary/aromatic N) is 4. The Balaban J connectivity index is 2.23. The number of rotatable bonds is 4. The summed E-state index contributed by atoms with van der Waals surface area (Å²) >= 11 is 0. The maximum absolute atomic E-state index is 4.29. The third kappa shape index (κ3) is 2.43. The largest absolute Gasteiger partial charge is 0.354 e. The van der Waals surface area contributed by atoms with Gasteiger partial charge in [-0.05, 0) is 18.9 Å². The van der Waals surface area contributed by atoms with E-state index in [4.69, 9.17) is 0 Å². The van der Waals surface area contributed by atoms with E-state index in [1.165, 1.54) is 0 Å². The minimum absolute atomic E-state index is 0.676. The lowest BCUT2D eigenvalue weighted by atomic mass is 10.2. The summed E-state index contributed by atoms with van der Waals surface area (Å²) in [6.07, 6.45) is 6.56. The maximum Gasteiger partial charge on any atom is 0.222 e. The zero-order valence-electron chi connectivity index (χ0n) is 10.4. The van der Waals surface area contributed by atoms with Gasteiger partial charge in [0.25, 0.3) is 0 Å². The molecule has 0 atom stereocenters. The van der Waals surface area contributed by atoms with Crippen molar-refractivity contribution in [3.63, 3.8) is 0 Å². The smallest absolute Gasteiger partial charge is 0.222 e. The molecule has 0 aliphatic rings. The monoisotopic (exact) mass is 231 g/mol. The van der Waals surface area contributed by atoms with Crippen LogP contribution in [0.2, 0.25) is 0 Å². The number of hydrogen-bond donors (Lipinski definition) is 1. The molecule has 2 rings (SSSR count). The van der Waals surface area contributed by atoms with Gasteiger partial charge >= 0.3 is 0 Å². The number of hydrogen-bond acceptors (Lipinski definition) is 4. The lowest BCUT2D eigenvalue weighted by molar-refractivity contribution is 0.774. The highest BCUT2D eigenvalue weighted by molar-refractivity contribution is 5.61. The maximum atomic E-state index is 4.29. The second-order valence-corrected chi connectivity index (χ2v) is 4.02. The molecule has 2 aromatic heterocycles. The number of nitrogens with one attached hydrogen (secondary N) is 1.